The zero-order chi connectivity index (χ0) is 12.1. The van der Waals surface area contributed by atoms with Gasteiger partial charge in [-0.05, 0) is 43.4 Å². The fourth-order valence-electron chi connectivity index (χ4n) is 1.38. The van der Waals surface area contributed by atoms with E-state index in [2.05, 4.69) is 5.32 Å². The highest BCUT2D eigenvalue weighted by atomic mass is 32.2. The number of nitrogens with two attached hydrogens (primary N) is 1. The van der Waals surface area contributed by atoms with Crippen LogP contribution in [0.15, 0.2) is 12.1 Å². The third-order valence-electron chi connectivity index (χ3n) is 2.42. The summed E-state index contributed by atoms with van der Waals surface area (Å²) in [7, 11) is 0. The van der Waals surface area contributed by atoms with Crippen LogP contribution >= 0.6 is 11.8 Å². The molecule has 3 N–H and O–H groups in total. The number of anilines is 2. The third kappa shape index (κ3) is 3.45. The van der Waals surface area contributed by atoms with E-state index in [0.29, 0.717) is 6.42 Å². The monoisotopic (exact) mass is 238 g/mol. The van der Waals surface area contributed by atoms with Gasteiger partial charge < -0.3 is 11.1 Å². The highest BCUT2D eigenvalue weighted by Crippen LogP contribution is 2.22. The summed E-state index contributed by atoms with van der Waals surface area (Å²) < 4.78 is 0. The zero-order valence-corrected chi connectivity index (χ0v) is 10.8. The van der Waals surface area contributed by atoms with Gasteiger partial charge in [0, 0.05) is 23.5 Å². The standard InChI is InChI=1S/C12H18N2OS/c1-8-7-11(9(2)6-10(8)13)14-12(15)4-5-16-3/h6-7H,4-5,13H2,1-3H3,(H,14,15). The maximum absolute atomic E-state index is 11.6. The summed E-state index contributed by atoms with van der Waals surface area (Å²) >= 11 is 1.67. The first kappa shape index (κ1) is 12.9. The van der Waals surface area contributed by atoms with Crippen LogP contribution in [-0.2, 0) is 4.79 Å². The molecule has 0 atom stereocenters. The molecule has 16 heavy (non-hydrogen) atoms. The van der Waals surface area contributed by atoms with Gasteiger partial charge in [-0.3, -0.25) is 4.79 Å². The second-order valence-electron chi connectivity index (χ2n) is 3.81. The van der Waals surface area contributed by atoms with Gasteiger partial charge in [0.05, 0.1) is 0 Å². The molecule has 1 aromatic carbocycles. The Morgan fingerprint density at radius 3 is 2.69 bits per heavy atom. The number of rotatable bonds is 4. The Balaban J connectivity index is 2.73. The molecule has 1 aromatic rings. The predicted octanol–water partition coefficient (Wildman–Crippen LogP) is 2.58. The van der Waals surface area contributed by atoms with E-state index in [9.17, 15) is 4.79 Å². The highest BCUT2D eigenvalue weighted by molar-refractivity contribution is 7.98. The van der Waals surface area contributed by atoms with Gasteiger partial charge in [0.15, 0.2) is 0 Å². The topological polar surface area (TPSA) is 55.1 Å². The van der Waals surface area contributed by atoms with E-state index in [1.54, 1.807) is 11.8 Å². The van der Waals surface area contributed by atoms with Crippen LogP contribution in [0.3, 0.4) is 0 Å². The molecule has 1 amide bonds. The fourth-order valence-corrected chi connectivity index (χ4v) is 1.77. The van der Waals surface area contributed by atoms with Crippen LogP contribution in [0.1, 0.15) is 17.5 Å². The van der Waals surface area contributed by atoms with Gasteiger partial charge in [0.25, 0.3) is 0 Å². The lowest BCUT2D eigenvalue weighted by Crippen LogP contribution is -2.13. The minimum absolute atomic E-state index is 0.0571. The largest absolute Gasteiger partial charge is 0.399 e. The average Bonchev–Trinajstić information content (AvgIpc) is 2.23. The number of nitrogen functional groups attached to an aromatic ring is 1. The number of carbonyl (C=O) groups is 1. The molecule has 0 unspecified atom stereocenters. The van der Waals surface area contributed by atoms with Crippen LogP contribution in [0.2, 0.25) is 0 Å². The molecule has 0 bridgehead atoms. The SMILES string of the molecule is CSCCC(=O)Nc1cc(C)c(N)cc1C. The van der Waals surface area contributed by atoms with Crippen molar-refractivity contribution in [3.8, 4) is 0 Å². The summed E-state index contributed by atoms with van der Waals surface area (Å²) in [5, 5.41) is 2.91. The molecule has 88 valence electrons. The first-order valence-electron chi connectivity index (χ1n) is 5.20. The summed E-state index contributed by atoms with van der Waals surface area (Å²) in [6, 6.07) is 3.81. The first-order chi connectivity index (χ1) is 7.54. The number of carbonyl (C=O) groups excluding carboxylic acids is 1. The van der Waals surface area contributed by atoms with E-state index in [0.717, 1.165) is 28.3 Å². The molecule has 0 aliphatic heterocycles. The van der Waals surface area contributed by atoms with Crippen LogP contribution in [0.5, 0.6) is 0 Å². The van der Waals surface area contributed by atoms with Crippen LogP contribution in [-0.4, -0.2) is 17.9 Å². The predicted molar refractivity (Wildman–Crippen MR) is 72.0 cm³/mol. The number of nitrogens with one attached hydrogen (secondary N) is 1. The Morgan fingerprint density at radius 2 is 2.06 bits per heavy atom. The van der Waals surface area contributed by atoms with Crippen molar-refractivity contribution in [3.05, 3.63) is 23.3 Å². The van der Waals surface area contributed by atoms with Gasteiger partial charge in [-0.2, -0.15) is 11.8 Å². The molecule has 0 heterocycles. The van der Waals surface area contributed by atoms with Crippen LogP contribution in [0, 0.1) is 13.8 Å². The molecule has 1 rings (SSSR count). The van der Waals surface area contributed by atoms with Crippen molar-refractivity contribution in [3.63, 3.8) is 0 Å². The second kappa shape index (κ2) is 5.80. The molecule has 0 aromatic heterocycles. The Morgan fingerprint density at radius 1 is 1.38 bits per heavy atom. The lowest BCUT2D eigenvalue weighted by molar-refractivity contribution is -0.115. The molecule has 0 saturated carbocycles. The van der Waals surface area contributed by atoms with Gasteiger partial charge in [0.2, 0.25) is 5.91 Å². The molecule has 0 aliphatic rings. The molecule has 0 saturated heterocycles. The van der Waals surface area contributed by atoms with Gasteiger partial charge in [-0.25, -0.2) is 0 Å². The minimum Gasteiger partial charge on any atom is -0.399 e. The summed E-state index contributed by atoms with van der Waals surface area (Å²) in [6.45, 7) is 3.88. The second-order valence-corrected chi connectivity index (χ2v) is 4.80. The molecular formula is C12H18N2OS. The number of benzene rings is 1. The van der Waals surface area contributed by atoms with E-state index in [1.807, 2.05) is 32.2 Å². The number of hydrogen-bond donors (Lipinski definition) is 2. The van der Waals surface area contributed by atoms with E-state index < -0.39 is 0 Å². The molecule has 4 heteroatoms. The average molecular weight is 238 g/mol. The van der Waals surface area contributed by atoms with Crippen molar-refractivity contribution in [2.45, 2.75) is 20.3 Å². The summed E-state index contributed by atoms with van der Waals surface area (Å²) in [5.74, 6) is 0.903. The highest BCUT2D eigenvalue weighted by Gasteiger charge is 2.06. The smallest absolute Gasteiger partial charge is 0.225 e. The number of hydrogen-bond acceptors (Lipinski definition) is 3. The van der Waals surface area contributed by atoms with Crippen molar-refractivity contribution < 1.29 is 4.79 Å². The fraction of sp³-hybridized carbons (Fsp3) is 0.417. The van der Waals surface area contributed by atoms with Crippen LogP contribution in [0.25, 0.3) is 0 Å². The maximum atomic E-state index is 11.6. The zero-order valence-electron chi connectivity index (χ0n) is 9.96. The van der Waals surface area contributed by atoms with E-state index in [4.69, 9.17) is 5.73 Å². The van der Waals surface area contributed by atoms with Crippen molar-refractivity contribution in [1.29, 1.82) is 0 Å². The summed E-state index contributed by atoms with van der Waals surface area (Å²) in [5.41, 5.74) is 9.40. The van der Waals surface area contributed by atoms with Crippen molar-refractivity contribution in [2.24, 2.45) is 0 Å². The molecule has 0 radical (unpaired) electrons. The first-order valence-corrected chi connectivity index (χ1v) is 6.59. The Kier molecular flexibility index (Phi) is 4.68. The summed E-state index contributed by atoms with van der Waals surface area (Å²) in [4.78, 5) is 11.6. The number of amides is 1. The molecular weight excluding hydrogens is 220 g/mol. The molecule has 3 nitrogen and oxygen atoms in total. The van der Waals surface area contributed by atoms with Crippen LogP contribution in [0.4, 0.5) is 11.4 Å². The van der Waals surface area contributed by atoms with Crippen molar-refractivity contribution in [1.82, 2.24) is 0 Å². The van der Waals surface area contributed by atoms with E-state index >= 15 is 0 Å². The lowest BCUT2D eigenvalue weighted by Gasteiger charge is -2.10. The van der Waals surface area contributed by atoms with E-state index in [-0.39, 0.29) is 5.91 Å². The quantitative estimate of drug-likeness (QED) is 0.793. The van der Waals surface area contributed by atoms with Gasteiger partial charge in [-0.1, -0.05) is 0 Å². The maximum Gasteiger partial charge on any atom is 0.225 e. The van der Waals surface area contributed by atoms with Gasteiger partial charge in [-0.15, -0.1) is 0 Å². The molecule has 0 aliphatic carbocycles. The Bertz CT molecular complexity index is 391. The third-order valence-corrected chi connectivity index (χ3v) is 3.03. The van der Waals surface area contributed by atoms with Crippen molar-refractivity contribution >= 4 is 29.0 Å². The minimum atomic E-state index is 0.0571. The van der Waals surface area contributed by atoms with Gasteiger partial charge in [0.1, 0.15) is 0 Å². The van der Waals surface area contributed by atoms with Crippen molar-refractivity contribution in [2.75, 3.05) is 23.1 Å². The number of thioether (sulfide) groups is 1. The summed E-state index contributed by atoms with van der Waals surface area (Å²) in [6.07, 6.45) is 2.54. The Hall–Kier alpha value is -1.16. The Labute approximate surface area is 101 Å². The molecule has 0 spiro atoms. The number of aryl methyl sites for hydroxylation is 2. The normalized spacial score (nSPS) is 10.2. The van der Waals surface area contributed by atoms with Gasteiger partial charge >= 0.3 is 0 Å². The molecule has 0 fully saturated rings. The van der Waals surface area contributed by atoms with E-state index in [1.165, 1.54) is 0 Å². The lowest BCUT2D eigenvalue weighted by atomic mass is 10.1. The van der Waals surface area contributed by atoms with Crippen LogP contribution < -0.4 is 11.1 Å².